The van der Waals surface area contributed by atoms with Crippen molar-refractivity contribution in [3.63, 3.8) is 0 Å². The van der Waals surface area contributed by atoms with E-state index in [9.17, 15) is 9.59 Å². The third-order valence-electron chi connectivity index (χ3n) is 5.93. The number of carbonyl (C=O) groups is 2. The molecule has 2 aromatic heterocycles. The average molecular weight is 507 g/mol. The highest BCUT2D eigenvalue weighted by molar-refractivity contribution is 7.80. The van der Waals surface area contributed by atoms with Gasteiger partial charge in [0.25, 0.3) is 11.8 Å². The zero-order chi connectivity index (χ0) is 25.5. The number of tetrazole rings is 1. The number of aromatic nitrogens is 4. The van der Waals surface area contributed by atoms with Crippen molar-refractivity contribution >= 4 is 57.5 Å². The molecule has 3 aromatic carbocycles. The molecule has 6 rings (SSSR count). The van der Waals surface area contributed by atoms with Gasteiger partial charge in [0.1, 0.15) is 17.1 Å². The fourth-order valence-electron chi connectivity index (χ4n) is 4.16. The van der Waals surface area contributed by atoms with E-state index in [4.69, 9.17) is 17.0 Å². The van der Waals surface area contributed by atoms with Gasteiger partial charge in [0.05, 0.1) is 11.2 Å². The predicted octanol–water partition coefficient (Wildman–Crippen LogP) is 4.21. The van der Waals surface area contributed by atoms with Gasteiger partial charge in [0, 0.05) is 10.9 Å². The van der Waals surface area contributed by atoms with Crippen LogP contribution in [0.1, 0.15) is 11.1 Å². The number of ether oxygens (including phenoxy) is 1. The summed E-state index contributed by atoms with van der Waals surface area (Å²) in [7, 11) is 0. The lowest BCUT2D eigenvalue weighted by Gasteiger charge is -2.29. The van der Waals surface area contributed by atoms with E-state index in [-0.39, 0.29) is 10.7 Å². The Kier molecular flexibility index (Phi) is 5.42. The third kappa shape index (κ3) is 4.09. The molecule has 9 nitrogen and oxygen atoms in total. The number of para-hydroxylation sites is 1. The van der Waals surface area contributed by atoms with Crippen molar-refractivity contribution in [1.82, 2.24) is 25.4 Å². The summed E-state index contributed by atoms with van der Waals surface area (Å²) in [6, 6.07) is 24.0. The van der Waals surface area contributed by atoms with E-state index < -0.39 is 11.8 Å². The first-order valence-corrected chi connectivity index (χ1v) is 11.7. The van der Waals surface area contributed by atoms with Crippen LogP contribution in [-0.4, -0.2) is 37.0 Å². The molecular formula is C27H18N6O3S. The number of hydrogen-bond donors (Lipinski definition) is 1. The summed E-state index contributed by atoms with van der Waals surface area (Å²) in [5, 5.41) is 15.5. The van der Waals surface area contributed by atoms with Crippen LogP contribution in [0.25, 0.3) is 22.6 Å². The molecule has 0 saturated carbocycles. The smallest absolute Gasteiger partial charge is 0.270 e. The standard InChI is InChI=1S/C27H18N6O3S/c1-16-7-8-17-14-18(24-29-30-31-33(24)23(17)13-16)15-22-25(34)28-27(37)32(26(22)35)19-9-11-21(12-10-19)36-20-5-3-2-4-6-20/h2-15H,1H3,(H,28,34,37)/b22-15-. The lowest BCUT2D eigenvalue weighted by Crippen LogP contribution is -2.54. The topological polar surface area (TPSA) is 102 Å². The quantitative estimate of drug-likeness (QED) is 0.221. The molecule has 37 heavy (non-hydrogen) atoms. The van der Waals surface area contributed by atoms with Crippen LogP contribution in [0.15, 0.2) is 84.4 Å². The number of nitrogens with one attached hydrogen (secondary N) is 1. The molecule has 1 aliphatic rings. The molecule has 2 amide bonds. The number of benzene rings is 3. The second kappa shape index (κ2) is 8.92. The van der Waals surface area contributed by atoms with Gasteiger partial charge in [-0.05, 0) is 89.7 Å². The minimum Gasteiger partial charge on any atom is -0.457 e. The highest BCUT2D eigenvalue weighted by atomic mass is 32.1. The fraction of sp³-hybridized carbons (Fsp3) is 0.0370. The minimum atomic E-state index is -0.593. The highest BCUT2D eigenvalue weighted by Crippen LogP contribution is 2.28. The molecule has 10 heteroatoms. The van der Waals surface area contributed by atoms with Gasteiger partial charge in [0.15, 0.2) is 10.8 Å². The zero-order valence-corrected chi connectivity index (χ0v) is 20.3. The molecule has 5 aromatic rings. The molecule has 0 atom stereocenters. The summed E-state index contributed by atoms with van der Waals surface area (Å²) in [5.74, 6) is 0.139. The lowest BCUT2D eigenvalue weighted by molar-refractivity contribution is -0.122. The van der Waals surface area contributed by atoms with Gasteiger partial charge in [-0.3, -0.25) is 19.8 Å². The first-order chi connectivity index (χ1) is 18.0. The van der Waals surface area contributed by atoms with Crippen LogP contribution >= 0.6 is 12.2 Å². The number of amides is 2. The third-order valence-corrected chi connectivity index (χ3v) is 6.21. The molecule has 1 fully saturated rings. The van der Waals surface area contributed by atoms with E-state index in [1.165, 1.54) is 11.0 Å². The number of carbonyl (C=O) groups excluding carboxylic acids is 2. The number of rotatable bonds is 4. The maximum absolute atomic E-state index is 13.5. The van der Waals surface area contributed by atoms with Crippen LogP contribution in [0.3, 0.4) is 0 Å². The van der Waals surface area contributed by atoms with Gasteiger partial charge < -0.3 is 4.74 Å². The molecule has 1 saturated heterocycles. The summed E-state index contributed by atoms with van der Waals surface area (Å²) < 4.78 is 7.42. The Bertz CT molecular complexity index is 1750. The number of pyridine rings is 1. The SMILES string of the molecule is Cc1ccc2cc(/C=C3/C(=O)NC(=S)N(c4ccc(Oc5ccccc5)cc4)C3=O)c3nnnn3c2c1. The van der Waals surface area contributed by atoms with Gasteiger partial charge in [0.2, 0.25) is 0 Å². The van der Waals surface area contributed by atoms with Crippen molar-refractivity contribution in [2.45, 2.75) is 6.92 Å². The Labute approximate surface area is 216 Å². The summed E-state index contributed by atoms with van der Waals surface area (Å²) in [4.78, 5) is 27.6. The molecular weight excluding hydrogens is 488 g/mol. The van der Waals surface area contributed by atoms with Crippen molar-refractivity contribution in [3.05, 3.63) is 95.6 Å². The molecule has 1 N–H and O–H groups in total. The average Bonchev–Trinajstić information content (AvgIpc) is 3.39. The van der Waals surface area contributed by atoms with E-state index >= 15 is 0 Å². The lowest BCUT2D eigenvalue weighted by atomic mass is 10.0. The number of anilines is 1. The maximum atomic E-state index is 13.5. The molecule has 3 heterocycles. The summed E-state index contributed by atoms with van der Waals surface area (Å²) in [6.07, 6.45) is 1.49. The highest BCUT2D eigenvalue weighted by Gasteiger charge is 2.34. The Morgan fingerprint density at radius 3 is 2.49 bits per heavy atom. The van der Waals surface area contributed by atoms with Crippen LogP contribution in [0.2, 0.25) is 0 Å². The number of fused-ring (bicyclic) bond motifs is 3. The second-order valence-corrected chi connectivity index (χ2v) is 8.83. The summed E-state index contributed by atoms with van der Waals surface area (Å²) in [5.41, 5.74) is 3.23. The van der Waals surface area contributed by atoms with Crippen molar-refractivity contribution in [3.8, 4) is 11.5 Å². The van der Waals surface area contributed by atoms with Crippen LogP contribution in [-0.2, 0) is 9.59 Å². The number of hydrogen-bond acceptors (Lipinski definition) is 7. The molecule has 1 aliphatic heterocycles. The van der Waals surface area contributed by atoms with Gasteiger partial charge in [-0.25, -0.2) is 0 Å². The van der Waals surface area contributed by atoms with Crippen molar-refractivity contribution in [2.75, 3.05) is 4.90 Å². The maximum Gasteiger partial charge on any atom is 0.270 e. The van der Waals surface area contributed by atoms with E-state index in [2.05, 4.69) is 20.8 Å². The number of aryl methyl sites for hydroxylation is 1. The Morgan fingerprint density at radius 2 is 1.70 bits per heavy atom. The zero-order valence-electron chi connectivity index (χ0n) is 19.5. The molecule has 0 radical (unpaired) electrons. The Balaban J connectivity index is 1.36. The Hall–Kier alpha value is -4.96. The number of thiocarbonyl (C=S) groups is 1. The van der Waals surface area contributed by atoms with Gasteiger partial charge in [-0.1, -0.05) is 30.3 Å². The van der Waals surface area contributed by atoms with Crippen molar-refractivity contribution in [1.29, 1.82) is 0 Å². The van der Waals surface area contributed by atoms with E-state index in [1.54, 1.807) is 28.8 Å². The predicted molar refractivity (Wildman–Crippen MR) is 142 cm³/mol. The summed E-state index contributed by atoms with van der Waals surface area (Å²) >= 11 is 5.34. The van der Waals surface area contributed by atoms with E-state index in [1.807, 2.05) is 61.5 Å². The molecule has 180 valence electrons. The molecule has 0 bridgehead atoms. The van der Waals surface area contributed by atoms with E-state index in [0.29, 0.717) is 28.4 Å². The molecule has 0 unspecified atom stereocenters. The van der Waals surface area contributed by atoms with Gasteiger partial charge in [-0.15, -0.1) is 5.10 Å². The van der Waals surface area contributed by atoms with Crippen LogP contribution in [0, 0.1) is 6.92 Å². The van der Waals surface area contributed by atoms with Crippen LogP contribution in [0.5, 0.6) is 11.5 Å². The molecule has 0 aliphatic carbocycles. The summed E-state index contributed by atoms with van der Waals surface area (Å²) in [6.45, 7) is 1.98. The minimum absolute atomic E-state index is 0.00726. The van der Waals surface area contributed by atoms with Gasteiger partial charge in [-0.2, -0.15) is 4.52 Å². The number of nitrogens with zero attached hydrogens (tertiary/aromatic N) is 5. The first kappa shape index (κ1) is 22.5. The molecule has 0 spiro atoms. The largest absolute Gasteiger partial charge is 0.457 e. The van der Waals surface area contributed by atoms with Gasteiger partial charge >= 0.3 is 0 Å². The fourth-order valence-corrected chi connectivity index (χ4v) is 4.44. The van der Waals surface area contributed by atoms with Crippen LogP contribution < -0.4 is 15.0 Å². The second-order valence-electron chi connectivity index (χ2n) is 8.44. The van der Waals surface area contributed by atoms with Crippen molar-refractivity contribution in [2.24, 2.45) is 0 Å². The normalized spacial score (nSPS) is 15.0. The van der Waals surface area contributed by atoms with Crippen molar-refractivity contribution < 1.29 is 14.3 Å². The Morgan fingerprint density at radius 1 is 0.946 bits per heavy atom. The van der Waals surface area contributed by atoms with E-state index in [0.717, 1.165) is 16.5 Å². The first-order valence-electron chi connectivity index (χ1n) is 11.3. The monoisotopic (exact) mass is 506 g/mol. The van der Waals surface area contributed by atoms with Crippen LogP contribution in [0.4, 0.5) is 5.69 Å².